The minimum absolute atomic E-state index is 0.0408. The zero-order chi connectivity index (χ0) is 15.6. The third kappa shape index (κ3) is 3.47. The van der Waals surface area contributed by atoms with Crippen molar-refractivity contribution in [1.82, 2.24) is 15.5 Å². The van der Waals surface area contributed by atoms with Crippen LogP contribution in [0.25, 0.3) is 0 Å². The number of H-pyrrole nitrogens is 1. The van der Waals surface area contributed by atoms with E-state index in [1.807, 2.05) is 0 Å². The van der Waals surface area contributed by atoms with E-state index in [2.05, 4.69) is 15.5 Å². The van der Waals surface area contributed by atoms with Crippen molar-refractivity contribution in [2.45, 2.75) is 25.3 Å². The van der Waals surface area contributed by atoms with E-state index >= 15 is 0 Å². The number of amides is 1. The molecule has 0 saturated heterocycles. The van der Waals surface area contributed by atoms with E-state index in [-0.39, 0.29) is 17.3 Å². The first-order valence-corrected chi connectivity index (χ1v) is 7.75. The molecular weight excluding hydrogens is 292 g/mol. The fourth-order valence-electron chi connectivity index (χ4n) is 1.95. The summed E-state index contributed by atoms with van der Waals surface area (Å²) >= 11 is 0. The number of rotatable bonds is 4. The Bertz CT molecular complexity index is 744. The highest BCUT2D eigenvalue weighted by molar-refractivity contribution is 7.89. The van der Waals surface area contributed by atoms with Crippen molar-refractivity contribution in [1.29, 1.82) is 0 Å². The van der Waals surface area contributed by atoms with Crippen LogP contribution >= 0.6 is 0 Å². The highest BCUT2D eigenvalue weighted by atomic mass is 32.2. The molecule has 0 saturated carbocycles. The topological polar surface area (TPSA) is 118 Å². The molecule has 0 aliphatic rings. The second-order valence-electron chi connectivity index (χ2n) is 4.68. The zero-order valence-electron chi connectivity index (χ0n) is 11.7. The van der Waals surface area contributed by atoms with Crippen LogP contribution in [0.15, 0.2) is 29.2 Å². The molecule has 0 radical (unpaired) electrons. The fourth-order valence-corrected chi connectivity index (χ4v) is 2.47. The molecule has 0 fully saturated rings. The number of primary sulfonamides is 1. The monoisotopic (exact) mass is 308 g/mol. The van der Waals surface area contributed by atoms with Gasteiger partial charge in [-0.3, -0.25) is 9.89 Å². The summed E-state index contributed by atoms with van der Waals surface area (Å²) in [6.07, 6.45) is 0. The molecule has 2 aromatic rings. The Labute approximate surface area is 122 Å². The SMILES string of the molecule is Cc1n[nH]c(C)c1C(=O)NCc1ccc(S(N)(=O)=O)cc1. The van der Waals surface area contributed by atoms with Crippen molar-refractivity contribution in [3.8, 4) is 0 Å². The Morgan fingerprint density at radius 2 is 1.90 bits per heavy atom. The summed E-state index contributed by atoms with van der Waals surface area (Å²) in [6, 6.07) is 6.03. The second-order valence-corrected chi connectivity index (χ2v) is 6.24. The number of hydrogen-bond donors (Lipinski definition) is 3. The summed E-state index contributed by atoms with van der Waals surface area (Å²) in [7, 11) is -3.70. The van der Waals surface area contributed by atoms with Gasteiger partial charge in [-0.2, -0.15) is 5.10 Å². The molecule has 2 rings (SSSR count). The van der Waals surface area contributed by atoms with Gasteiger partial charge < -0.3 is 5.32 Å². The van der Waals surface area contributed by atoms with Crippen LogP contribution in [0.4, 0.5) is 0 Å². The third-order valence-corrected chi connectivity index (χ3v) is 3.99. The predicted octanol–water partition coefficient (Wildman–Crippen LogP) is 0.604. The van der Waals surface area contributed by atoms with E-state index in [1.165, 1.54) is 12.1 Å². The van der Waals surface area contributed by atoms with Crippen LogP contribution < -0.4 is 10.5 Å². The van der Waals surface area contributed by atoms with Gasteiger partial charge in [-0.05, 0) is 31.5 Å². The van der Waals surface area contributed by atoms with Crippen LogP contribution in [0, 0.1) is 13.8 Å². The van der Waals surface area contributed by atoms with E-state index in [0.29, 0.717) is 17.0 Å². The molecular formula is C13H16N4O3S. The Kier molecular flexibility index (Phi) is 4.10. The molecule has 0 atom stereocenters. The van der Waals surface area contributed by atoms with Crippen molar-refractivity contribution in [2.75, 3.05) is 0 Å². The van der Waals surface area contributed by atoms with Gasteiger partial charge in [0.15, 0.2) is 0 Å². The lowest BCUT2D eigenvalue weighted by Crippen LogP contribution is -2.24. The molecule has 0 spiro atoms. The van der Waals surface area contributed by atoms with Gasteiger partial charge in [-0.25, -0.2) is 13.6 Å². The average Bonchev–Trinajstić information content (AvgIpc) is 2.75. The highest BCUT2D eigenvalue weighted by Gasteiger charge is 2.14. The van der Waals surface area contributed by atoms with Crippen molar-refractivity contribution in [3.63, 3.8) is 0 Å². The highest BCUT2D eigenvalue weighted by Crippen LogP contribution is 2.11. The van der Waals surface area contributed by atoms with E-state index in [0.717, 1.165) is 5.56 Å². The van der Waals surface area contributed by atoms with Crippen LogP contribution in [0.3, 0.4) is 0 Å². The van der Waals surface area contributed by atoms with Crippen molar-refractivity contribution in [2.24, 2.45) is 5.14 Å². The van der Waals surface area contributed by atoms with Crippen LogP contribution in [0.1, 0.15) is 27.3 Å². The quantitative estimate of drug-likeness (QED) is 0.766. The minimum atomic E-state index is -3.70. The summed E-state index contributed by atoms with van der Waals surface area (Å²) in [4.78, 5) is 12.1. The van der Waals surface area contributed by atoms with Gasteiger partial charge in [0.2, 0.25) is 10.0 Å². The maximum absolute atomic E-state index is 12.1. The van der Waals surface area contributed by atoms with Gasteiger partial charge in [0.25, 0.3) is 5.91 Å². The number of carbonyl (C=O) groups is 1. The number of benzene rings is 1. The Balaban J connectivity index is 2.05. The zero-order valence-corrected chi connectivity index (χ0v) is 12.5. The van der Waals surface area contributed by atoms with E-state index in [9.17, 15) is 13.2 Å². The molecule has 1 amide bonds. The summed E-state index contributed by atoms with van der Waals surface area (Å²) < 4.78 is 22.3. The molecule has 1 heterocycles. The van der Waals surface area contributed by atoms with Crippen LogP contribution in [-0.2, 0) is 16.6 Å². The summed E-state index contributed by atoms with van der Waals surface area (Å²) in [6.45, 7) is 3.81. The second kappa shape index (κ2) is 5.66. The molecule has 1 aromatic heterocycles. The van der Waals surface area contributed by atoms with Crippen LogP contribution in [0.5, 0.6) is 0 Å². The third-order valence-electron chi connectivity index (χ3n) is 3.06. The summed E-state index contributed by atoms with van der Waals surface area (Å²) in [5.41, 5.74) is 2.63. The van der Waals surface area contributed by atoms with Crippen molar-refractivity contribution >= 4 is 15.9 Å². The number of nitrogens with zero attached hydrogens (tertiary/aromatic N) is 1. The maximum Gasteiger partial charge on any atom is 0.255 e. The van der Waals surface area contributed by atoms with Crippen LogP contribution in [0.2, 0.25) is 0 Å². The standard InChI is InChI=1S/C13H16N4O3S/c1-8-12(9(2)17-16-8)13(18)15-7-10-3-5-11(6-4-10)21(14,19)20/h3-6H,7H2,1-2H3,(H,15,18)(H,16,17)(H2,14,19,20). The molecule has 0 unspecified atom stereocenters. The molecule has 7 nitrogen and oxygen atoms in total. The lowest BCUT2D eigenvalue weighted by Gasteiger charge is -2.06. The number of aryl methyl sites for hydroxylation is 2. The van der Waals surface area contributed by atoms with E-state index in [4.69, 9.17) is 5.14 Å². The lowest BCUT2D eigenvalue weighted by atomic mass is 10.1. The molecule has 0 aliphatic heterocycles. The fraction of sp³-hybridized carbons (Fsp3) is 0.231. The van der Waals surface area contributed by atoms with Gasteiger partial charge in [0.1, 0.15) is 0 Å². The summed E-state index contributed by atoms with van der Waals surface area (Å²) in [5, 5.41) is 14.5. The first-order chi connectivity index (χ1) is 9.79. The molecule has 21 heavy (non-hydrogen) atoms. The maximum atomic E-state index is 12.1. The molecule has 8 heteroatoms. The Hall–Kier alpha value is -2.19. The lowest BCUT2D eigenvalue weighted by molar-refractivity contribution is 0.0949. The number of nitrogens with one attached hydrogen (secondary N) is 2. The minimum Gasteiger partial charge on any atom is -0.348 e. The Morgan fingerprint density at radius 3 is 2.38 bits per heavy atom. The van der Waals surface area contributed by atoms with Gasteiger partial charge in [-0.1, -0.05) is 12.1 Å². The molecule has 4 N–H and O–H groups in total. The van der Waals surface area contributed by atoms with Gasteiger partial charge >= 0.3 is 0 Å². The smallest absolute Gasteiger partial charge is 0.255 e. The first-order valence-electron chi connectivity index (χ1n) is 6.20. The average molecular weight is 308 g/mol. The summed E-state index contributed by atoms with van der Waals surface area (Å²) in [5.74, 6) is -0.228. The van der Waals surface area contributed by atoms with Gasteiger partial charge in [0.05, 0.1) is 16.2 Å². The van der Waals surface area contributed by atoms with E-state index < -0.39 is 10.0 Å². The van der Waals surface area contributed by atoms with Crippen molar-refractivity contribution in [3.05, 3.63) is 46.8 Å². The molecule has 112 valence electrons. The number of carbonyl (C=O) groups excluding carboxylic acids is 1. The van der Waals surface area contributed by atoms with Gasteiger partial charge in [0, 0.05) is 12.2 Å². The van der Waals surface area contributed by atoms with Crippen LogP contribution in [-0.4, -0.2) is 24.5 Å². The number of hydrogen-bond acceptors (Lipinski definition) is 4. The van der Waals surface area contributed by atoms with E-state index in [1.54, 1.807) is 26.0 Å². The Morgan fingerprint density at radius 1 is 1.29 bits per heavy atom. The largest absolute Gasteiger partial charge is 0.348 e. The number of aromatic amines is 1. The van der Waals surface area contributed by atoms with Crippen molar-refractivity contribution < 1.29 is 13.2 Å². The predicted molar refractivity (Wildman–Crippen MR) is 77.0 cm³/mol. The normalized spacial score (nSPS) is 11.4. The number of sulfonamides is 1. The molecule has 0 aliphatic carbocycles. The van der Waals surface area contributed by atoms with Gasteiger partial charge in [-0.15, -0.1) is 0 Å². The first kappa shape index (κ1) is 15.2. The number of nitrogens with two attached hydrogens (primary N) is 1. The molecule has 1 aromatic carbocycles. The number of aromatic nitrogens is 2. The molecule has 0 bridgehead atoms.